The summed E-state index contributed by atoms with van der Waals surface area (Å²) in [5, 5.41) is 22.3. The predicted molar refractivity (Wildman–Crippen MR) is 74.5 cm³/mol. The van der Waals surface area contributed by atoms with Crippen molar-refractivity contribution in [2.75, 3.05) is 20.2 Å². The summed E-state index contributed by atoms with van der Waals surface area (Å²) in [4.78, 5) is 16.3. The number of ether oxygens (including phenoxy) is 1. The fourth-order valence-corrected chi connectivity index (χ4v) is 1.89. The summed E-state index contributed by atoms with van der Waals surface area (Å²) in [6.45, 7) is 1.15. The maximum absolute atomic E-state index is 10.9. The highest BCUT2D eigenvalue weighted by atomic mass is 16.6. The third kappa shape index (κ3) is 3.78. The van der Waals surface area contributed by atoms with Crippen molar-refractivity contribution >= 4 is 11.5 Å². The minimum Gasteiger partial charge on any atom is -0.476 e. The Balaban J connectivity index is 2.04. The molecule has 9 nitrogen and oxygen atoms in total. The van der Waals surface area contributed by atoms with Gasteiger partial charge in [0.05, 0.1) is 4.92 Å². The number of likely N-dealkylation sites (N-methyl/N-ethyl adjacent to an activating group) is 1. The highest BCUT2D eigenvalue weighted by Crippen LogP contribution is 2.25. The van der Waals surface area contributed by atoms with Gasteiger partial charge in [0.25, 0.3) is 5.69 Å². The number of hydrogen-bond acceptors (Lipinski definition) is 7. The van der Waals surface area contributed by atoms with E-state index in [4.69, 9.17) is 15.7 Å². The molecule has 0 aromatic carbocycles. The quantitative estimate of drug-likeness (QED) is 0.247. The van der Waals surface area contributed by atoms with Crippen molar-refractivity contribution in [3.05, 3.63) is 27.9 Å². The van der Waals surface area contributed by atoms with Crippen molar-refractivity contribution in [1.82, 2.24) is 9.88 Å². The average molecular weight is 295 g/mol. The second-order valence-electron chi connectivity index (χ2n) is 4.82. The van der Waals surface area contributed by atoms with Gasteiger partial charge in [-0.15, -0.1) is 0 Å². The van der Waals surface area contributed by atoms with Crippen LogP contribution in [0.1, 0.15) is 18.5 Å². The molecule has 3 N–H and O–H groups in total. The van der Waals surface area contributed by atoms with Gasteiger partial charge in [-0.2, -0.15) is 0 Å². The zero-order valence-corrected chi connectivity index (χ0v) is 11.6. The van der Waals surface area contributed by atoms with E-state index in [9.17, 15) is 10.1 Å². The number of amidine groups is 1. The molecule has 0 saturated heterocycles. The fraction of sp³-hybridized carbons (Fsp3) is 0.500. The molecule has 21 heavy (non-hydrogen) atoms. The number of nitro groups is 1. The molecule has 1 saturated carbocycles. The first kappa shape index (κ1) is 15.0. The highest BCUT2D eigenvalue weighted by molar-refractivity contribution is 5.98. The van der Waals surface area contributed by atoms with Crippen LogP contribution in [-0.4, -0.2) is 52.1 Å². The van der Waals surface area contributed by atoms with Crippen molar-refractivity contribution in [3.63, 3.8) is 0 Å². The van der Waals surface area contributed by atoms with Crippen molar-refractivity contribution in [2.45, 2.75) is 18.9 Å². The van der Waals surface area contributed by atoms with Crippen LogP contribution < -0.4 is 10.5 Å². The van der Waals surface area contributed by atoms with E-state index >= 15 is 0 Å². The molecule has 0 unspecified atom stereocenters. The van der Waals surface area contributed by atoms with Crippen LogP contribution in [0.5, 0.6) is 5.88 Å². The Morgan fingerprint density at radius 1 is 1.67 bits per heavy atom. The third-order valence-corrected chi connectivity index (χ3v) is 3.26. The van der Waals surface area contributed by atoms with E-state index in [1.807, 2.05) is 7.05 Å². The number of aromatic nitrogens is 1. The first-order valence-corrected chi connectivity index (χ1v) is 6.49. The summed E-state index contributed by atoms with van der Waals surface area (Å²) >= 11 is 0. The molecule has 9 heteroatoms. The van der Waals surface area contributed by atoms with E-state index in [1.165, 1.54) is 25.0 Å². The van der Waals surface area contributed by atoms with Gasteiger partial charge in [-0.05, 0) is 19.9 Å². The Labute approximate surface area is 121 Å². The van der Waals surface area contributed by atoms with Crippen LogP contribution in [-0.2, 0) is 0 Å². The fourth-order valence-electron chi connectivity index (χ4n) is 1.89. The van der Waals surface area contributed by atoms with E-state index in [-0.39, 0.29) is 17.3 Å². The van der Waals surface area contributed by atoms with E-state index in [0.717, 1.165) is 6.54 Å². The lowest BCUT2D eigenvalue weighted by molar-refractivity contribution is -0.385. The van der Waals surface area contributed by atoms with E-state index in [1.54, 1.807) is 0 Å². The Bertz CT molecular complexity index is 559. The number of rotatable bonds is 7. The highest BCUT2D eigenvalue weighted by Gasteiger charge is 2.25. The van der Waals surface area contributed by atoms with Crippen LogP contribution in [0.2, 0.25) is 0 Å². The minimum atomic E-state index is -0.648. The Kier molecular flexibility index (Phi) is 4.53. The first-order chi connectivity index (χ1) is 10.0. The third-order valence-electron chi connectivity index (χ3n) is 3.26. The number of oxime groups is 1. The van der Waals surface area contributed by atoms with Crippen molar-refractivity contribution in [3.8, 4) is 5.88 Å². The number of pyridine rings is 1. The molecule has 0 aliphatic heterocycles. The van der Waals surface area contributed by atoms with E-state index in [2.05, 4.69) is 15.0 Å². The largest absolute Gasteiger partial charge is 0.476 e. The first-order valence-electron chi connectivity index (χ1n) is 6.49. The topological polar surface area (TPSA) is 127 Å². The average Bonchev–Trinajstić information content (AvgIpc) is 3.30. The normalized spacial score (nSPS) is 15.2. The Hall–Kier alpha value is -2.42. The standard InChI is InChI=1S/C12H17N5O4/c1-16(8-2-3-8)6-7-21-10-5-4-9(17(19)20)11(14-10)12(13)15-18/h4-5,8,18H,2-3,6-7H2,1H3,(H2,13,15). The van der Waals surface area contributed by atoms with Crippen molar-refractivity contribution in [2.24, 2.45) is 10.9 Å². The maximum atomic E-state index is 10.9. The van der Waals surface area contributed by atoms with Gasteiger partial charge in [-0.1, -0.05) is 5.16 Å². The molecule has 114 valence electrons. The van der Waals surface area contributed by atoms with Crippen LogP contribution in [0.15, 0.2) is 17.3 Å². The number of hydrogen-bond donors (Lipinski definition) is 2. The molecule has 1 aliphatic rings. The summed E-state index contributed by atoms with van der Waals surface area (Å²) in [7, 11) is 2.02. The van der Waals surface area contributed by atoms with E-state index < -0.39 is 10.8 Å². The smallest absolute Gasteiger partial charge is 0.299 e. The summed E-state index contributed by atoms with van der Waals surface area (Å²) in [5.74, 6) is -0.228. The van der Waals surface area contributed by atoms with Crippen LogP contribution in [0.4, 0.5) is 5.69 Å². The monoisotopic (exact) mass is 295 g/mol. The van der Waals surface area contributed by atoms with Crippen molar-refractivity contribution < 1.29 is 14.9 Å². The van der Waals surface area contributed by atoms with Gasteiger partial charge in [-0.3, -0.25) is 10.1 Å². The summed E-state index contributed by atoms with van der Waals surface area (Å²) in [6, 6.07) is 3.25. The number of nitrogens with two attached hydrogens (primary N) is 1. The van der Waals surface area contributed by atoms with Crippen LogP contribution in [0.3, 0.4) is 0 Å². The molecular weight excluding hydrogens is 278 g/mol. The zero-order valence-electron chi connectivity index (χ0n) is 11.6. The van der Waals surface area contributed by atoms with Gasteiger partial charge in [0, 0.05) is 24.7 Å². The molecule has 1 aromatic heterocycles. The Morgan fingerprint density at radius 3 is 2.95 bits per heavy atom. The van der Waals surface area contributed by atoms with Gasteiger partial charge in [0.1, 0.15) is 6.61 Å². The molecule has 1 fully saturated rings. The summed E-state index contributed by atoms with van der Waals surface area (Å²) in [6.07, 6.45) is 2.42. The lowest BCUT2D eigenvalue weighted by atomic mass is 10.3. The second kappa shape index (κ2) is 6.35. The van der Waals surface area contributed by atoms with Gasteiger partial charge >= 0.3 is 0 Å². The molecule has 2 rings (SSSR count). The molecule has 0 amide bonds. The zero-order chi connectivity index (χ0) is 15.4. The van der Waals surface area contributed by atoms with Gasteiger partial charge in [0.15, 0.2) is 11.5 Å². The summed E-state index contributed by atoms with van der Waals surface area (Å²) < 4.78 is 5.46. The molecule has 0 atom stereocenters. The van der Waals surface area contributed by atoms with E-state index in [0.29, 0.717) is 12.6 Å². The van der Waals surface area contributed by atoms with Crippen LogP contribution in [0.25, 0.3) is 0 Å². The number of nitrogens with zero attached hydrogens (tertiary/aromatic N) is 4. The molecule has 1 heterocycles. The molecule has 0 spiro atoms. The second-order valence-corrected chi connectivity index (χ2v) is 4.82. The molecule has 1 aromatic rings. The van der Waals surface area contributed by atoms with Crippen molar-refractivity contribution in [1.29, 1.82) is 0 Å². The molecular formula is C12H17N5O4. The minimum absolute atomic E-state index is 0.200. The molecule has 0 radical (unpaired) electrons. The van der Waals surface area contributed by atoms with Gasteiger partial charge in [0.2, 0.25) is 5.88 Å². The van der Waals surface area contributed by atoms with Gasteiger partial charge < -0.3 is 20.6 Å². The lowest BCUT2D eigenvalue weighted by Crippen LogP contribution is -2.26. The lowest BCUT2D eigenvalue weighted by Gasteiger charge is -2.15. The Morgan fingerprint density at radius 2 is 2.38 bits per heavy atom. The summed E-state index contributed by atoms with van der Waals surface area (Å²) in [5.41, 5.74) is 4.84. The molecule has 1 aliphatic carbocycles. The SMILES string of the molecule is CN(CCOc1ccc([N+](=O)[O-])c(/C(N)=N/O)n1)C1CC1. The maximum Gasteiger partial charge on any atom is 0.299 e. The van der Waals surface area contributed by atoms with Gasteiger partial charge in [-0.25, -0.2) is 4.98 Å². The molecule has 0 bridgehead atoms. The van der Waals surface area contributed by atoms with Crippen LogP contribution in [0, 0.1) is 10.1 Å². The van der Waals surface area contributed by atoms with Crippen LogP contribution >= 0.6 is 0 Å². The predicted octanol–water partition coefficient (Wildman–Crippen LogP) is 0.557.